The first-order chi connectivity index (χ1) is 6.00. The minimum absolute atomic E-state index is 0.0928. The number of nitrogens with one attached hydrogen (secondary N) is 1. The Bertz CT molecular complexity index is 195. The lowest BCUT2D eigenvalue weighted by Crippen LogP contribution is -2.53. The van der Waals surface area contributed by atoms with Crippen LogP contribution in [0.4, 0.5) is 0 Å². The molecule has 1 saturated heterocycles. The van der Waals surface area contributed by atoms with Gasteiger partial charge < -0.3 is 15.2 Å². The van der Waals surface area contributed by atoms with Gasteiger partial charge in [0.25, 0.3) is 0 Å². The van der Waals surface area contributed by atoms with Gasteiger partial charge in [-0.05, 0) is 20.3 Å². The van der Waals surface area contributed by atoms with E-state index in [4.69, 9.17) is 4.74 Å². The lowest BCUT2D eigenvalue weighted by atomic mass is 9.97. The topological polar surface area (TPSA) is 58.6 Å². The number of ether oxygens (including phenoxy) is 1. The van der Waals surface area contributed by atoms with Crippen molar-refractivity contribution in [2.24, 2.45) is 0 Å². The minimum Gasteiger partial charge on any atom is -0.388 e. The number of hydrogen-bond acceptors (Lipinski definition) is 3. The van der Waals surface area contributed by atoms with Crippen LogP contribution in [-0.2, 0) is 9.53 Å². The molecule has 2 N–H and O–H groups in total. The summed E-state index contributed by atoms with van der Waals surface area (Å²) in [5.74, 6) is -0.106. The molecular formula is C9H17NO3. The average Bonchev–Trinajstić information content (AvgIpc) is 1.98. The summed E-state index contributed by atoms with van der Waals surface area (Å²) in [6, 6.07) is -0.170. The van der Waals surface area contributed by atoms with Crippen LogP contribution in [0.3, 0.4) is 0 Å². The quantitative estimate of drug-likeness (QED) is 0.610. The largest absolute Gasteiger partial charge is 0.388 e. The van der Waals surface area contributed by atoms with Crippen LogP contribution in [0, 0.1) is 0 Å². The number of carbonyl (C=O) groups excluding carboxylic acids is 1. The Balaban J connectivity index is 2.55. The van der Waals surface area contributed by atoms with Gasteiger partial charge >= 0.3 is 0 Å². The smallest absolute Gasteiger partial charge is 0.217 e. The third-order valence-electron chi connectivity index (χ3n) is 2.31. The Kier molecular flexibility index (Phi) is 3.27. The van der Waals surface area contributed by atoms with Gasteiger partial charge in [0.15, 0.2) is 0 Å². The molecule has 0 saturated carbocycles. The molecule has 0 aromatic heterocycles. The summed E-state index contributed by atoms with van der Waals surface area (Å²) in [5, 5.41) is 12.4. The van der Waals surface area contributed by atoms with Crippen LogP contribution in [0.15, 0.2) is 0 Å². The zero-order valence-corrected chi connectivity index (χ0v) is 8.28. The predicted molar refractivity (Wildman–Crippen MR) is 48.2 cm³/mol. The normalized spacial score (nSPS) is 40.0. The summed E-state index contributed by atoms with van der Waals surface area (Å²) in [6.45, 7) is 5.21. The molecule has 1 fully saturated rings. The standard InChI is InChI=1S/C9H17NO3/c1-5-4-8(10-7(3)11)9(12)6(2)13-5/h5-6,8-9,12H,4H2,1-3H3,(H,10,11)/t5?,6-,8?,9-/m0/s1. The van der Waals surface area contributed by atoms with Gasteiger partial charge in [-0.1, -0.05) is 0 Å². The molecule has 0 spiro atoms. The van der Waals surface area contributed by atoms with E-state index in [9.17, 15) is 9.90 Å². The van der Waals surface area contributed by atoms with Crippen LogP contribution >= 0.6 is 0 Å². The van der Waals surface area contributed by atoms with E-state index in [1.807, 2.05) is 13.8 Å². The maximum atomic E-state index is 10.8. The summed E-state index contributed by atoms with van der Waals surface area (Å²) < 4.78 is 5.41. The molecule has 0 bridgehead atoms. The van der Waals surface area contributed by atoms with Crippen molar-refractivity contribution in [2.45, 2.75) is 51.5 Å². The molecule has 0 aromatic carbocycles. The fourth-order valence-electron chi connectivity index (χ4n) is 1.73. The molecule has 4 atom stereocenters. The molecule has 1 rings (SSSR count). The molecule has 1 aliphatic rings. The Hall–Kier alpha value is -0.610. The van der Waals surface area contributed by atoms with E-state index in [1.165, 1.54) is 6.92 Å². The molecule has 1 amide bonds. The molecule has 2 unspecified atom stereocenters. The molecule has 4 heteroatoms. The van der Waals surface area contributed by atoms with Gasteiger partial charge in [0.05, 0.1) is 18.2 Å². The molecule has 4 nitrogen and oxygen atoms in total. The van der Waals surface area contributed by atoms with E-state index < -0.39 is 6.10 Å². The molecular weight excluding hydrogens is 170 g/mol. The average molecular weight is 187 g/mol. The lowest BCUT2D eigenvalue weighted by Gasteiger charge is -2.36. The number of hydrogen-bond donors (Lipinski definition) is 2. The van der Waals surface area contributed by atoms with Crippen LogP contribution in [0.2, 0.25) is 0 Å². The van der Waals surface area contributed by atoms with Crippen molar-refractivity contribution in [1.29, 1.82) is 0 Å². The number of aliphatic hydroxyl groups is 1. The van der Waals surface area contributed by atoms with Crippen LogP contribution in [0.1, 0.15) is 27.2 Å². The van der Waals surface area contributed by atoms with Gasteiger partial charge in [0, 0.05) is 6.92 Å². The Morgan fingerprint density at radius 3 is 2.69 bits per heavy atom. The second-order valence-electron chi connectivity index (χ2n) is 3.69. The number of rotatable bonds is 1. The van der Waals surface area contributed by atoms with Crippen LogP contribution in [-0.4, -0.2) is 35.4 Å². The first-order valence-electron chi connectivity index (χ1n) is 4.61. The van der Waals surface area contributed by atoms with Crippen molar-refractivity contribution < 1.29 is 14.6 Å². The van der Waals surface area contributed by atoms with Gasteiger partial charge in [-0.25, -0.2) is 0 Å². The summed E-state index contributed by atoms with van der Waals surface area (Å²) in [7, 11) is 0. The molecule has 76 valence electrons. The van der Waals surface area contributed by atoms with Crippen molar-refractivity contribution in [1.82, 2.24) is 5.32 Å². The molecule has 0 aromatic rings. The van der Waals surface area contributed by atoms with Crippen molar-refractivity contribution >= 4 is 5.91 Å². The summed E-state index contributed by atoms with van der Waals surface area (Å²) in [6.07, 6.45) is -0.0404. The molecule has 1 heterocycles. The third-order valence-corrected chi connectivity index (χ3v) is 2.31. The SMILES string of the molecule is CC(=O)NC1CC(C)O[C@@H](C)[C@@H]1O. The zero-order valence-electron chi connectivity index (χ0n) is 8.28. The fourth-order valence-corrected chi connectivity index (χ4v) is 1.73. The second-order valence-corrected chi connectivity index (χ2v) is 3.69. The van der Waals surface area contributed by atoms with E-state index in [2.05, 4.69) is 5.32 Å². The molecule has 1 aliphatic heterocycles. The van der Waals surface area contributed by atoms with Crippen molar-refractivity contribution in [3.05, 3.63) is 0 Å². The Morgan fingerprint density at radius 1 is 1.54 bits per heavy atom. The fraction of sp³-hybridized carbons (Fsp3) is 0.889. The first kappa shape index (κ1) is 10.5. The highest BCUT2D eigenvalue weighted by molar-refractivity contribution is 5.73. The lowest BCUT2D eigenvalue weighted by molar-refractivity contribution is -0.132. The maximum absolute atomic E-state index is 10.8. The molecule has 0 radical (unpaired) electrons. The zero-order chi connectivity index (χ0) is 10.0. The van der Waals surface area contributed by atoms with Crippen LogP contribution in [0.25, 0.3) is 0 Å². The van der Waals surface area contributed by atoms with Crippen LogP contribution < -0.4 is 5.32 Å². The Labute approximate surface area is 78.3 Å². The minimum atomic E-state index is -0.597. The summed E-state index contributed by atoms with van der Waals surface area (Å²) in [5.41, 5.74) is 0. The summed E-state index contributed by atoms with van der Waals surface area (Å²) in [4.78, 5) is 10.8. The van der Waals surface area contributed by atoms with Gasteiger partial charge in [-0.15, -0.1) is 0 Å². The molecule has 13 heavy (non-hydrogen) atoms. The van der Waals surface area contributed by atoms with E-state index >= 15 is 0 Å². The number of carbonyl (C=O) groups is 1. The van der Waals surface area contributed by atoms with Gasteiger partial charge in [-0.2, -0.15) is 0 Å². The van der Waals surface area contributed by atoms with Gasteiger partial charge in [0.1, 0.15) is 6.10 Å². The van der Waals surface area contributed by atoms with Crippen LogP contribution in [0.5, 0.6) is 0 Å². The van der Waals surface area contributed by atoms with Crippen molar-refractivity contribution in [3.63, 3.8) is 0 Å². The highest BCUT2D eigenvalue weighted by Gasteiger charge is 2.33. The van der Waals surface area contributed by atoms with Gasteiger partial charge in [-0.3, -0.25) is 4.79 Å². The first-order valence-corrected chi connectivity index (χ1v) is 4.61. The van der Waals surface area contributed by atoms with E-state index in [0.717, 1.165) is 0 Å². The maximum Gasteiger partial charge on any atom is 0.217 e. The van der Waals surface area contributed by atoms with E-state index in [0.29, 0.717) is 6.42 Å². The van der Waals surface area contributed by atoms with Gasteiger partial charge in [0.2, 0.25) is 5.91 Å². The number of aliphatic hydroxyl groups excluding tert-OH is 1. The van der Waals surface area contributed by atoms with Crippen molar-refractivity contribution in [2.75, 3.05) is 0 Å². The Morgan fingerprint density at radius 2 is 2.15 bits per heavy atom. The summed E-state index contributed by atoms with van der Waals surface area (Å²) >= 11 is 0. The highest BCUT2D eigenvalue weighted by Crippen LogP contribution is 2.19. The second kappa shape index (κ2) is 4.07. The monoisotopic (exact) mass is 187 g/mol. The number of amides is 1. The molecule has 0 aliphatic carbocycles. The predicted octanol–water partition coefficient (Wildman–Crippen LogP) is 0.0493. The highest BCUT2D eigenvalue weighted by atomic mass is 16.5. The van der Waals surface area contributed by atoms with E-state index in [-0.39, 0.29) is 24.2 Å². The van der Waals surface area contributed by atoms with E-state index in [1.54, 1.807) is 0 Å². The third kappa shape index (κ3) is 2.67. The van der Waals surface area contributed by atoms with Crippen molar-refractivity contribution in [3.8, 4) is 0 Å².